The quantitative estimate of drug-likeness (QED) is 0.325. The van der Waals surface area contributed by atoms with Gasteiger partial charge in [0.25, 0.3) is 5.91 Å². The Labute approximate surface area is 222 Å². The van der Waals surface area contributed by atoms with Crippen molar-refractivity contribution in [2.45, 2.75) is 70.1 Å². The van der Waals surface area contributed by atoms with E-state index in [2.05, 4.69) is 24.5 Å². The van der Waals surface area contributed by atoms with E-state index in [0.717, 1.165) is 19.3 Å². The van der Waals surface area contributed by atoms with Crippen LogP contribution in [0, 0.1) is 41.4 Å². The van der Waals surface area contributed by atoms with Crippen LogP contribution in [0.4, 0.5) is 0 Å². The molecule has 0 radical (unpaired) electrons. The van der Waals surface area contributed by atoms with Crippen molar-refractivity contribution in [2.24, 2.45) is 41.4 Å². The number of carbonyl (C=O) groups excluding carboxylic acids is 4. The zero-order chi connectivity index (χ0) is 27.4. The summed E-state index contributed by atoms with van der Waals surface area (Å²) in [6.07, 6.45) is 8.34. The first kappa shape index (κ1) is 26.8. The first-order chi connectivity index (χ1) is 18.1. The van der Waals surface area contributed by atoms with Gasteiger partial charge >= 0.3 is 0 Å². The molecule has 0 aromatic rings. The number of aliphatic hydroxyl groups excluding tert-OH is 2. The molecule has 5 rings (SSSR count). The standard InChI is InChI=1S/C29H38N2O7/c1-3-15-11-17-13-19-18-5-4-6-23(35)30-10-9-21(33)26-27(36)24(28(37)31-26)20(32)8-7-16(18)12-22(34)25(19)29(17,38)14(15)2/h4,6-8,14-19,21,25-26,32-33,38H,3,5,9-13H2,1-2H3,(H,30,35)(H,31,37)/b6-4-,8-7-,24-20-/t14-,15-,16+,17+,18-,19+,21+,25-,26+,29-/m1/s1. The summed E-state index contributed by atoms with van der Waals surface area (Å²) in [6.45, 7) is 4.30. The molecule has 9 nitrogen and oxygen atoms in total. The molecule has 10 atom stereocenters. The predicted octanol–water partition coefficient (Wildman–Crippen LogP) is 1.50. The number of hydrogen-bond donors (Lipinski definition) is 5. The van der Waals surface area contributed by atoms with E-state index in [4.69, 9.17) is 0 Å². The molecule has 3 saturated carbocycles. The third kappa shape index (κ3) is 4.24. The molecule has 9 heteroatoms. The van der Waals surface area contributed by atoms with Crippen LogP contribution in [0.2, 0.25) is 0 Å². The fourth-order valence-electron chi connectivity index (χ4n) is 8.22. The molecule has 3 aliphatic carbocycles. The number of ketones is 2. The number of fused-ring (bicyclic) bond motifs is 7. The third-order valence-corrected chi connectivity index (χ3v) is 10.2. The summed E-state index contributed by atoms with van der Waals surface area (Å²) < 4.78 is 0. The van der Waals surface area contributed by atoms with Gasteiger partial charge in [-0.3, -0.25) is 19.2 Å². The summed E-state index contributed by atoms with van der Waals surface area (Å²) in [5.41, 5.74) is -1.44. The normalized spacial score (nSPS) is 47.1. The summed E-state index contributed by atoms with van der Waals surface area (Å²) in [5, 5.41) is 38.2. The Bertz CT molecular complexity index is 1130. The average Bonchev–Trinajstić information content (AvgIpc) is 3.43. The molecule has 4 fully saturated rings. The van der Waals surface area contributed by atoms with Crippen molar-refractivity contribution < 1.29 is 34.5 Å². The number of allylic oxidation sites excluding steroid dienone is 3. The van der Waals surface area contributed by atoms with Gasteiger partial charge in [-0.05, 0) is 73.3 Å². The van der Waals surface area contributed by atoms with Gasteiger partial charge < -0.3 is 26.0 Å². The van der Waals surface area contributed by atoms with E-state index in [0.29, 0.717) is 12.3 Å². The van der Waals surface area contributed by atoms with Crippen LogP contribution in [0.15, 0.2) is 35.6 Å². The zero-order valence-electron chi connectivity index (χ0n) is 21.9. The van der Waals surface area contributed by atoms with Crippen LogP contribution in [0.1, 0.15) is 52.4 Å². The smallest absolute Gasteiger partial charge is 0.259 e. The Morgan fingerprint density at radius 1 is 1.11 bits per heavy atom. The van der Waals surface area contributed by atoms with Crippen LogP contribution in [0.5, 0.6) is 0 Å². The number of nitrogens with one attached hydrogen (secondary N) is 2. The highest BCUT2D eigenvalue weighted by atomic mass is 16.3. The van der Waals surface area contributed by atoms with Gasteiger partial charge in [-0.15, -0.1) is 0 Å². The number of aliphatic hydroxyl groups is 3. The summed E-state index contributed by atoms with van der Waals surface area (Å²) in [7, 11) is 0. The fraction of sp³-hybridized carbons (Fsp3) is 0.655. The van der Waals surface area contributed by atoms with E-state index in [1.165, 1.54) is 12.2 Å². The summed E-state index contributed by atoms with van der Waals surface area (Å²) in [5.74, 6) is -2.71. The van der Waals surface area contributed by atoms with Crippen LogP contribution in [0.25, 0.3) is 0 Å². The number of hydrogen-bond acceptors (Lipinski definition) is 7. The van der Waals surface area contributed by atoms with Crippen LogP contribution >= 0.6 is 0 Å². The maximum Gasteiger partial charge on any atom is 0.259 e. The Morgan fingerprint density at radius 3 is 2.61 bits per heavy atom. The number of amides is 2. The minimum Gasteiger partial charge on any atom is -0.507 e. The molecular formula is C29H38N2O7. The lowest BCUT2D eigenvalue weighted by molar-refractivity contribution is -0.145. The van der Waals surface area contributed by atoms with E-state index in [-0.39, 0.29) is 60.7 Å². The molecule has 2 aliphatic heterocycles. The molecule has 0 unspecified atom stereocenters. The Kier molecular flexibility index (Phi) is 7.11. The lowest BCUT2D eigenvalue weighted by Crippen LogP contribution is -2.51. The maximum atomic E-state index is 13.6. The topological polar surface area (TPSA) is 153 Å². The second-order valence-electron chi connectivity index (χ2n) is 11.9. The second-order valence-corrected chi connectivity index (χ2v) is 11.9. The Balaban J connectivity index is 1.50. The molecule has 2 heterocycles. The number of carbonyl (C=O) groups is 4. The van der Waals surface area contributed by atoms with Crippen LogP contribution < -0.4 is 10.6 Å². The number of rotatable bonds is 1. The zero-order valence-corrected chi connectivity index (χ0v) is 21.9. The molecule has 5 N–H and O–H groups in total. The average molecular weight is 527 g/mol. The van der Waals surface area contributed by atoms with Gasteiger partial charge in [-0.2, -0.15) is 0 Å². The lowest BCUT2D eigenvalue weighted by atomic mass is 9.61. The molecule has 2 amide bonds. The predicted molar refractivity (Wildman–Crippen MR) is 137 cm³/mol. The third-order valence-electron chi connectivity index (χ3n) is 10.2. The van der Waals surface area contributed by atoms with Crippen molar-refractivity contribution in [3.63, 3.8) is 0 Å². The summed E-state index contributed by atoms with van der Waals surface area (Å²) in [4.78, 5) is 51.3. The second kappa shape index (κ2) is 10.1. The molecule has 206 valence electrons. The van der Waals surface area contributed by atoms with Gasteiger partial charge in [0.05, 0.1) is 17.6 Å². The molecule has 38 heavy (non-hydrogen) atoms. The van der Waals surface area contributed by atoms with Crippen molar-refractivity contribution in [3.8, 4) is 0 Å². The van der Waals surface area contributed by atoms with Gasteiger partial charge in [0.15, 0.2) is 5.78 Å². The highest BCUT2D eigenvalue weighted by Crippen LogP contribution is 2.63. The van der Waals surface area contributed by atoms with Crippen LogP contribution in [0.3, 0.4) is 0 Å². The van der Waals surface area contributed by atoms with Crippen LogP contribution in [-0.4, -0.2) is 63.0 Å². The van der Waals surface area contributed by atoms with Crippen molar-refractivity contribution in [3.05, 3.63) is 35.6 Å². The van der Waals surface area contributed by atoms with E-state index in [1.807, 2.05) is 0 Å². The molecule has 2 bridgehead atoms. The lowest BCUT2D eigenvalue weighted by Gasteiger charge is -2.44. The summed E-state index contributed by atoms with van der Waals surface area (Å²) >= 11 is 0. The first-order valence-electron chi connectivity index (χ1n) is 13.9. The highest BCUT2D eigenvalue weighted by Gasteiger charge is 2.66. The Morgan fingerprint density at radius 2 is 1.87 bits per heavy atom. The molecule has 5 aliphatic rings. The van der Waals surface area contributed by atoms with Crippen molar-refractivity contribution in [1.29, 1.82) is 0 Å². The van der Waals surface area contributed by atoms with E-state index < -0.39 is 46.7 Å². The fourth-order valence-corrected chi connectivity index (χ4v) is 8.22. The minimum atomic E-state index is -1.22. The molecule has 1 saturated heterocycles. The van der Waals surface area contributed by atoms with E-state index in [9.17, 15) is 34.5 Å². The molecule has 0 spiro atoms. The maximum absolute atomic E-state index is 13.6. The van der Waals surface area contributed by atoms with Crippen LogP contribution in [-0.2, 0) is 19.2 Å². The summed E-state index contributed by atoms with van der Waals surface area (Å²) in [6, 6.07) is -1.20. The van der Waals surface area contributed by atoms with Gasteiger partial charge in [0.2, 0.25) is 5.91 Å². The molecule has 0 aromatic heterocycles. The van der Waals surface area contributed by atoms with Crippen molar-refractivity contribution in [2.75, 3.05) is 6.54 Å². The van der Waals surface area contributed by atoms with Gasteiger partial charge in [0, 0.05) is 13.0 Å². The largest absolute Gasteiger partial charge is 0.507 e. The van der Waals surface area contributed by atoms with Gasteiger partial charge in [-0.1, -0.05) is 32.4 Å². The monoisotopic (exact) mass is 526 g/mol. The van der Waals surface area contributed by atoms with Gasteiger partial charge in [0.1, 0.15) is 23.2 Å². The molecular weight excluding hydrogens is 488 g/mol. The minimum absolute atomic E-state index is 0.00986. The van der Waals surface area contributed by atoms with E-state index in [1.54, 1.807) is 12.2 Å². The molecule has 0 aromatic carbocycles. The Hall–Kier alpha value is -2.78. The van der Waals surface area contributed by atoms with Gasteiger partial charge in [-0.25, -0.2) is 0 Å². The number of Topliss-reactive ketones (excluding diaryl/α,β-unsaturated/α-hetero) is 2. The van der Waals surface area contributed by atoms with Crippen molar-refractivity contribution in [1.82, 2.24) is 10.6 Å². The SMILES string of the molecule is CC[C@@H]1C[C@H]2C[C@H]3[C@@H]4C/C=C\C(=O)NCC[C@H](O)[C@@H]5NC(=O)/C(=C(O)/C=C\[C@H]4CC(=O)[C@@H]3[C@@]2(O)[C@@H]1C)C5=O. The van der Waals surface area contributed by atoms with E-state index >= 15 is 0 Å². The van der Waals surface area contributed by atoms with Crippen molar-refractivity contribution >= 4 is 23.4 Å². The first-order valence-corrected chi connectivity index (χ1v) is 13.9. The highest BCUT2D eigenvalue weighted by molar-refractivity contribution is 6.27.